The molecule has 7 nitrogen and oxygen atoms in total. The Bertz CT molecular complexity index is 798. The SMILES string of the molecule is CCOCCCNCc1cccc(Oc2nnnn2-c2ccccc2)c1.Cl. The van der Waals surface area contributed by atoms with Gasteiger partial charge < -0.3 is 14.8 Å². The fourth-order valence-electron chi connectivity index (χ4n) is 2.47. The molecule has 0 bridgehead atoms. The maximum atomic E-state index is 5.88. The van der Waals surface area contributed by atoms with E-state index in [0.29, 0.717) is 11.8 Å². The summed E-state index contributed by atoms with van der Waals surface area (Å²) in [6.07, 6.45) is 0.996. The Morgan fingerprint density at radius 1 is 1.07 bits per heavy atom. The number of hydrogen-bond donors (Lipinski definition) is 1. The van der Waals surface area contributed by atoms with E-state index in [1.807, 2.05) is 55.5 Å². The number of nitrogens with one attached hydrogen (secondary N) is 1. The van der Waals surface area contributed by atoms with E-state index in [9.17, 15) is 0 Å². The largest absolute Gasteiger partial charge is 0.423 e. The van der Waals surface area contributed by atoms with Crippen LogP contribution in [0.4, 0.5) is 0 Å². The van der Waals surface area contributed by atoms with Crippen molar-refractivity contribution in [2.45, 2.75) is 19.9 Å². The molecule has 144 valence electrons. The Balaban J connectivity index is 0.00000261. The van der Waals surface area contributed by atoms with Crippen LogP contribution in [0.3, 0.4) is 0 Å². The molecule has 2 aromatic carbocycles. The molecule has 27 heavy (non-hydrogen) atoms. The highest BCUT2D eigenvalue weighted by Crippen LogP contribution is 2.22. The van der Waals surface area contributed by atoms with Gasteiger partial charge in [-0.05, 0) is 60.1 Å². The van der Waals surface area contributed by atoms with Crippen molar-refractivity contribution in [1.82, 2.24) is 25.5 Å². The van der Waals surface area contributed by atoms with E-state index in [1.54, 1.807) is 4.68 Å². The highest BCUT2D eigenvalue weighted by molar-refractivity contribution is 5.85. The summed E-state index contributed by atoms with van der Waals surface area (Å²) in [6.45, 7) is 5.24. The third-order valence-electron chi connectivity index (χ3n) is 3.72. The van der Waals surface area contributed by atoms with Crippen LogP contribution in [0.25, 0.3) is 5.69 Å². The minimum Gasteiger partial charge on any atom is -0.423 e. The topological polar surface area (TPSA) is 74.1 Å². The van der Waals surface area contributed by atoms with Crippen LogP contribution in [0.5, 0.6) is 11.8 Å². The van der Waals surface area contributed by atoms with Gasteiger partial charge in [-0.2, -0.15) is 4.68 Å². The van der Waals surface area contributed by atoms with E-state index in [2.05, 4.69) is 26.9 Å². The minimum absolute atomic E-state index is 0. The van der Waals surface area contributed by atoms with Crippen molar-refractivity contribution < 1.29 is 9.47 Å². The van der Waals surface area contributed by atoms with Gasteiger partial charge in [0.15, 0.2) is 0 Å². The van der Waals surface area contributed by atoms with Crippen molar-refractivity contribution in [2.75, 3.05) is 19.8 Å². The number of rotatable bonds is 10. The summed E-state index contributed by atoms with van der Waals surface area (Å²) in [7, 11) is 0. The van der Waals surface area contributed by atoms with Crippen molar-refractivity contribution in [2.24, 2.45) is 0 Å². The van der Waals surface area contributed by atoms with E-state index in [4.69, 9.17) is 9.47 Å². The van der Waals surface area contributed by atoms with Crippen LogP contribution in [0, 0.1) is 0 Å². The number of tetrazole rings is 1. The molecular formula is C19H24ClN5O2. The summed E-state index contributed by atoms with van der Waals surface area (Å²) in [5, 5.41) is 15.1. The van der Waals surface area contributed by atoms with E-state index < -0.39 is 0 Å². The lowest BCUT2D eigenvalue weighted by Crippen LogP contribution is -2.16. The highest BCUT2D eigenvalue weighted by atomic mass is 35.5. The lowest BCUT2D eigenvalue weighted by atomic mass is 10.2. The number of halogens is 1. The second kappa shape index (κ2) is 11.3. The smallest absolute Gasteiger partial charge is 0.345 e. The Hall–Kier alpha value is -2.48. The maximum absolute atomic E-state index is 5.88. The molecule has 0 saturated carbocycles. The molecule has 0 spiro atoms. The van der Waals surface area contributed by atoms with E-state index >= 15 is 0 Å². The third-order valence-corrected chi connectivity index (χ3v) is 3.72. The van der Waals surface area contributed by atoms with E-state index in [1.165, 1.54) is 0 Å². The van der Waals surface area contributed by atoms with Crippen molar-refractivity contribution in [3.63, 3.8) is 0 Å². The fourth-order valence-corrected chi connectivity index (χ4v) is 2.47. The number of nitrogens with zero attached hydrogens (tertiary/aromatic N) is 4. The lowest BCUT2D eigenvalue weighted by molar-refractivity contribution is 0.144. The van der Waals surface area contributed by atoms with Crippen LogP contribution in [0.15, 0.2) is 54.6 Å². The molecule has 1 N–H and O–H groups in total. The molecule has 0 radical (unpaired) electrons. The molecule has 0 aliphatic heterocycles. The summed E-state index contributed by atoms with van der Waals surface area (Å²) < 4.78 is 12.8. The third kappa shape index (κ3) is 6.32. The minimum atomic E-state index is 0. The number of ether oxygens (including phenoxy) is 2. The standard InChI is InChI=1S/C19H23N5O2.ClH/c1-2-25-13-7-12-20-15-16-8-6-11-18(14-16)26-19-21-22-23-24(19)17-9-4-3-5-10-17;/h3-6,8-11,14,20H,2,7,12-13,15H2,1H3;1H. The number of hydrogen-bond acceptors (Lipinski definition) is 6. The summed E-state index contributed by atoms with van der Waals surface area (Å²) in [5.74, 6) is 0.700. The van der Waals surface area contributed by atoms with E-state index in [-0.39, 0.29) is 12.4 Å². The van der Waals surface area contributed by atoms with Gasteiger partial charge in [0.25, 0.3) is 0 Å². The Kier molecular flexibility index (Phi) is 8.70. The molecule has 1 heterocycles. The molecule has 1 aromatic heterocycles. The van der Waals surface area contributed by atoms with Gasteiger partial charge in [-0.3, -0.25) is 0 Å². The normalized spacial score (nSPS) is 10.4. The fraction of sp³-hybridized carbons (Fsp3) is 0.316. The zero-order valence-corrected chi connectivity index (χ0v) is 16.1. The van der Waals surface area contributed by atoms with Gasteiger partial charge in [0.2, 0.25) is 0 Å². The summed E-state index contributed by atoms with van der Waals surface area (Å²) in [4.78, 5) is 0. The zero-order valence-electron chi connectivity index (χ0n) is 15.2. The van der Waals surface area contributed by atoms with Crippen molar-refractivity contribution in [1.29, 1.82) is 0 Å². The van der Waals surface area contributed by atoms with Gasteiger partial charge in [0.1, 0.15) is 5.75 Å². The second-order valence-electron chi connectivity index (χ2n) is 5.69. The summed E-state index contributed by atoms with van der Waals surface area (Å²) in [5.41, 5.74) is 1.98. The van der Waals surface area contributed by atoms with Crippen LogP contribution >= 0.6 is 12.4 Å². The van der Waals surface area contributed by atoms with Crippen molar-refractivity contribution in [3.8, 4) is 17.4 Å². The van der Waals surface area contributed by atoms with Gasteiger partial charge in [-0.15, -0.1) is 12.4 Å². The quantitative estimate of drug-likeness (QED) is 0.536. The molecule has 0 fully saturated rings. The molecule has 0 unspecified atom stereocenters. The number of benzene rings is 2. The molecule has 0 atom stereocenters. The summed E-state index contributed by atoms with van der Waals surface area (Å²) >= 11 is 0. The maximum Gasteiger partial charge on any atom is 0.345 e. The van der Waals surface area contributed by atoms with Gasteiger partial charge in [0.05, 0.1) is 5.69 Å². The first-order valence-corrected chi connectivity index (χ1v) is 8.76. The van der Waals surface area contributed by atoms with Gasteiger partial charge in [-0.1, -0.05) is 35.4 Å². The van der Waals surface area contributed by atoms with Gasteiger partial charge >= 0.3 is 6.01 Å². The highest BCUT2D eigenvalue weighted by Gasteiger charge is 2.10. The first-order valence-electron chi connectivity index (χ1n) is 8.76. The Morgan fingerprint density at radius 2 is 1.93 bits per heavy atom. The van der Waals surface area contributed by atoms with Gasteiger partial charge in [0, 0.05) is 19.8 Å². The molecule has 3 rings (SSSR count). The van der Waals surface area contributed by atoms with Crippen LogP contribution in [0.1, 0.15) is 18.9 Å². The van der Waals surface area contributed by atoms with Crippen LogP contribution < -0.4 is 10.1 Å². The average molecular weight is 390 g/mol. The molecule has 8 heteroatoms. The zero-order chi connectivity index (χ0) is 18.0. The predicted molar refractivity (Wildman–Crippen MR) is 106 cm³/mol. The van der Waals surface area contributed by atoms with Crippen molar-refractivity contribution >= 4 is 12.4 Å². The van der Waals surface area contributed by atoms with E-state index in [0.717, 1.165) is 44.0 Å². The van der Waals surface area contributed by atoms with Crippen LogP contribution in [-0.4, -0.2) is 40.0 Å². The Labute approximate surface area is 165 Å². The number of para-hydroxylation sites is 1. The monoisotopic (exact) mass is 389 g/mol. The van der Waals surface area contributed by atoms with Crippen LogP contribution in [0.2, 0.25) is 0 Å². The van der Waals surface area contributed by atoms with Crippen molar-refractivity contribution in [3.05, 3.63) is 60.2 Å². The lowest BCUT2D eigenvalue weighted by Gasteiger charge is -2.09. The first-order chi connectivity index (χ1) is 12.9. The molecule has 0 amide bonds. The average Bonchev–Trinajstić information content (AvgIpc) is 3.14. The Morgan fingerprint density at radius 3 is 2.74 bits per heavy atom. The number of aromatic nitrogens is 4. The molecule has 0 aliphatic carbocycles. The molecule has 0 saturated heterocycles. The van der Waals surface area contributed by atoms with Crippen LogP contribution in [-0.2, 0) is 11.3 Å². The predicted octanol–water partition coefficient (Wildman–Crippen LogP) is 3.39. The molecular weight excluding hydrogens is 366 g/mol. The molecule has 0 aliphatic rings. The second-order valence-corrected chi connectivity index (χ2v) is 5.69. The first kappa shape index (κ1) is 20.8. The summed E-state index contributed by atoms with van der Waals surface area (Å²) in [6, 6.07) is 17.9. The van der Waals surface area contributed by atoms with Gasteiger partial charge in [-0.25, -0.2) is 0 Å². The molecule has 3 aromatic rings.